The maximum Gasteiger partial charge on any atom is 0.388 e. The SMILES string of the molecule is C/C(=N\OS(=O)(=O)c1ccc(C)cc1)c1ccccc1.C/C(=N\OS(=O)c1cccc2ccccc12)c1ccccc1.C=C(/C=C\C)C(=O)O/N=C(/C)OCC.CC(=O)/C(=N\OC(=O)c1ccccc1)c1ccccc1.O=C(O/N=C(/C(=O)c1ccc(Sc2ccccc2)cc1)c1ccccc1)c1ccccc1.O=C(OC=[N+]1CCCCC1)C(=O)c1ccccc1.O=C(ON=C(c1ccccc1)c1ccccc1)c1ccccc1. The van der Waals surface area contributed by atoms with Gasteiger partial charge >= 0.3 is 46.4 Å². The number of aryl methyl sites for hydroxylation is 1. The molecule has 15 aromatic carbocycles. The van der Waals surface area contributed by atoms with Gasteiger partial charge in [0.2, 0.25) is 11.7 Å². The summed E-state index contributed by atoms with van der Waals surface area (Å²) in [5.74, 6) is -3.99. The zero-order chi connectivity index (χ0) is 106. The minimum Gasteiger partial charge on any atom is -0.479 e. The summed E-state index contributed by atoms with van der Waals surface area (Å²) >= 11 is -0.0261. The standard InChI is InChI=1S/C27H19NO3S.C20H15NO2.C18H15NO2S.C16H13NO3.C15H15NO3S.C14H16NO3.C10H15NO3/c29-26(21-16-18-24(19-17-21)32-23-14-8-3-9-15-23)25(20-10-4-1-5-11-20)28-31-27(30)22-12-6-2-7-13-22;22-20(18-14-8-3-9-15-18)23-21-19(16-10-4-1-5-11-16)17-12-6-2-7-13-17;1-14(15-8-3-2-4-9-15)19-21-22(20)18-13-7-11-16-10-5-6-12-17(16)18;1-12(18)15(13-8-4-2-5-9-13)17-20-16(19)14-10-6-3-7-11-14;1-12-8-10-15(11-9-12)20(17,18)19-16-13(2)14-6-4-3-5-7-14;16-13(12-7-3-1-4-8-12)14(17)18-11-15-9-5-2-6-10-15;1-5-7-8(3)10(12)14-11-9(4)13-6-2/h1-19H;1-15H;2-13H,1H3;2-11H,1H3;3-11H,1-2H3;1,3-4,7-8,11H,2,5-6,9-10H2;5,7H,3,6H2,1-2,4H3/q;;;;;+1;/b28-25+;;19-14+;17-15+;16-13+;;7-5-,11-9-. The highest BCUT2D eigenvalue weighted by Gasteiger charge is 2.24. The molecule has 0 saturated carbocycles. The Balaban J connectivity index is 0.000000180. The number of Topliss-reactive ketones (excluding diaryl/α,β-unsaturated/α-hetero) is 3. The van der Waals surface area contributed by atoms with Crippen molar-refractivity contribution in [3.05, 3.63) is 516 Å². The predicted molar refractivity (Wildman–Crippen MR) is 582 cm³/mol. The average molecular weight is 2050 g/mol. The van der Waals surface area contributed by atoms with Gasteiger partial charge < -0.3 is 28.8 Å². The normalized spacial score (nSPS) is 11.8. The summed E-state index contributed by atoms with van der Waals surface area (Å²) in [7, 11) is -3.87. The van der Waals surface area contributed by atoms with Gasteiger partial charge in [-0.15, -0.1) is 0 Å². The molecule has 26 nitrogen and oxygen atoms in total. The maximum absolute atomic E-state index is 13.2. The van der Waals surface area contributed by atoms with Crippen LogP contribution in [0.25, 0.3) is 10.8 Å². The van der Waals surface area contributed by atoms with Gasteiger partial charge in [-0.2, -0.15) is 8.42 Å². The Labute approximate surface area is 872 Å². The number of ether oxygens (including phenoxy) is 2. The van der Waals surface area contributed by atoms with Crippen molar-refractivity contribution in [2.45, 2.75) is 87.3 Å². The van der Waals surface area contributed by atoms with Gasteiger partial charge in [0.1, 0.15) is 23.7 Å². The highest BCUT2D eigenvalue weighted by molar-refractivity contribution is 7.99. The fraction of sp³-hybridized carbons (Fsp3) is 0.108. The van der Waals surface area contributed by atoms with E-state index >= 15 is 0 Å². The quantitative estimate of drug-likeness (QED) is 0.00385. The fourth-order valence-electron chi connectivity index (χ4n) is 13.1. The largest absolute Gasteiger partial charge is 0.479 e. The van der Waals surface area contributed by atoms with E-state index < -0.39 is 56.8 Å². The lowest BCUT2D eigenvalue weighted by Gasteiger charge is -2.08. The Morgan fingerprint density at radius 2 is 0.765 bits per heavy atom. The number of hydrogen-bond acceptors (Lipinski definition) is 26. The summed E-state index contributed by atoms with van der Waals surface area (Å²) in [5.41, 5.74) is 9.97. The smallest absolute Gasteiger partial charge is 0.388 e. The van der Waals surface area contributed by atoms with Crippen LogP contribution < -0.4 is 0 Å². The molecule has 1 fully saturated rings. The summed E-state index contributed by atoms with van der Waals surface area (Å²) in [6.45, 7) is 17.7. The fourth-order valence-corrected chi connectivity index (χ4v) is 15.6. The number of carbonyl (C=O) groups excluding carboxylic acids is 8. The van der Waals surface area contributed by atoms with E-state index in [0.29, 0.717) is 73.5 Å². The molecule has 1 aliphatic rings. The van der Waals surface area contributed by atoms with E-state index in [1.807, 2.05) is 244 Å². The van der Waals surface area contributed by atoms with Gasteiger partial charge in [0.15, 0.2) is 17.2 Å². The molecule has 1 atom stereocenters. The molecule has 0 amide bonds. The molecule has 16 rings (SSSR count). The molecule has 0 aromatic heterocycles. The second-order valence-corrected chi connectivity index (χ2v) is 35.5. The van der Waals surface area contributed by atoms with Crippen LogP contribution in [-0.4, -0.2) is 125 Å². The van der Waals surface area contributed by atoms with Crippen molar-refractivity contribution >= 4 is 132 Å². The Hall–Kier alpha value is -18.1. The van der Waals surface area contributed by atoms with Gasteiger partial charge in [0.05, 0.1) is 45.2 Å². The molecule has 0 spiro atoms. The Kier molecular flexibility index (Phi) is 46.8. The molecule has 0 aliphatic carbocycles. The lowest BCUT2D eigenvalue weighted by atomic mass is 10.0. The first kappa shape index (κ1) is 113. The topological polar surface area (TPSA) is 339 Å². The van der Waals surface area contributed by atoms with Crippen LogP contribution in [0.2, 0.25) is 0 Å². The summed E-state index contributed by atoms with van der Waals surface area (Å²) < 4.78 is 58.0. The van der Waals surface area contributed by atoms with Gasteiger partial charge in [0, 0.05) is 75.2 Å². The third kappa shape index (κ3) is 38.5. The van der Waals surface area contributed by atoms with E-state index in [1.54, 1.807) is 239 Å². The van der Waals surface area contributed by atoms with Crippen LogP contribution in [0, 0.1) is 6.92 Å². The maximum atomic E-state index is 13.2. The number of piperidine rings is 1. The van der Waals surface area contributed by atoms with E-state index in [9.17, 15) is 51.0 Å². The van der Waals surface area contributed by atoms with Crippen molar-refractivity contribution in [3.63, 3.8) is 0 Å². The Bertz CT molecular complexity index is 7280. The van der Waals surface area contributed by atoms with Gasteiger partial charge in [-0.25, -0.2) is 32.8 Å². The third-order valence-electron chi connectivity index (χ3n) is 20.8. The zero-order valence-corrected chi connectivity index (χ0v) is 85.2. The van der Waals surface area contributed by atoms with E-state index in [-0.39, 0.29) is 33.5 Å². The predicted octanol–water partition coefficient (Wildman–Crippen LogP) is 24.5. The Morgan fingerprint density at radius 1 is 0.383 bits per heavy atom. The van der Waals surface area contributed by atoms with Gasteiger partial charge in [-0.3, -0.25) is 23.0 Å². The van der Waals surface area contributed by atoms with Gasteiger partial charge in [0.25, 0.3) is 16.9 Å². The van der Waals surface area contributed by atoms with E-state index in [1.165, 1.54) is 31.9 Å². The molecule has 0 bridgehead atoms. The molecule has 149 heavy (non-hydrogen) atoms. The van der Waals surface area contributed by atoms with Crippen LogP contribution in [0.5, 0.6) is 0 Å². The van der Waals surface area contributed by atoms with Crippen LogP contribution in [0.4, 0.5) is 0 Å². The van der Waals surface area contributed by atoms with Crippen LogP contribution in [0.1, 0.15) is 152 Å². The van der Waals surface area contributed by atoms with E-state index in [4.69, 9.17) is 32.6 Å². The monoisotopic (exact) mass is 2050 g/mol. The van der Waals surface area contributed by atoms with Gasteiger partial charge in [-0.05, 0) is 154 Å². The first-order valence-corrected chi connectivity index (χ1v) is 50.2. The number of fused-ring (bicyclic) bond motifs is 1. The van der Waals surface area contributed by atoms with Crippen LogP contribution >= 0.6 is 11.8 Å². The van der Waals surface area contributed by atoms with E-state index in [2.05, 4.69) is 42.4 Å². The first-order valence-electron chi connectivity index (χ1n) is 46.9. The summed E-state index contributed by atoms with van der Waals surface area (Å²) in [6.07, 6.45) is 8.03. The summed E-state index contributed by atoms with van der Waals surface area (Å²) in [5, 5.41) is 24.8. The van der Waals surface area contributed by atoms with Crippen molar-refractivity contribution in [1.82, 2.24) is 0 Å². The molecule has 0 radical (unpaired) electrons. The number of allylic oxidation sites excluding steroid dienone is 1. The summed E-state index contributed by atoms with van der Waals surface area (Å²) in [4.78, 5) is 118. The van der Waals surface area contributed by atoms with E-state index in [0.717, 1.165) is 74.3 Å². The molecular weight excluding hydrogens is 1940 g/mol. The molecular formula is C120H108N7O19S3+. The lowest BCUT2D eigenvalue weighted by molar-refractivity contribution is -0.539. The second-order valence-electron chi connectivity index (χ2n) is 31.8. The first-order chi connectivity index (χ1) is 72.4. The van der Waals surface area contributed by atoms with Gasteiger partial charge in [-0.1, -0.05) is 395 Å². The minimum atomic E-state index is -3.87. The molecule has 0 N–H and O–H groups in total. The number of benzene rings is 15. The Morgan fingerprint density at radius 3 is 1.22 bits per heavy atom. The number of rotatable bonds is 30. The second kappa shape index (κ2) is 61.8. The highest BCUT2D eigenvalue weighted by Crippen LogP contribution is 2.29. The minimum absolute atomic E-state index is 0.0679. The molecule has 1 unspecified atom stereocenters. The number of hydrogen-bond donors (Lipinski definition) is 0. The van der Waals surface area contributed by atoms with Crippen molar-refractivity contribution in [3.8, 4) is 0 Å². The van der Waals surface area contributed by atoms with Crippen molar-refractivity contribution in [1.29, 1.82) is 0 Å². The lowest BCUT2D eigenvalue weighted by Crippen LogP contribution is -2.25. The molecule has 15 aromatic rings. The summed E-state index contributed by atoms with van der Waals surface area (Å²) in [6, 6.07) is 127. The zero-order valence-electron chi connectivity index (χ0n) is 82.7. The molecule has 29 heteroatoms. The van der Waals surface area contributed by atoms with Crippen LogP contribution in [0.15, 0.2) is 499 Å². The number of carbonyl (C=O) groups is 8. The van der Waals surface area contributed by atoms with Crippen molar-refractivity contribution in [2.75, 3.05) is 19.7 Å². The number of oxime groups is 6. The highest BCUT2D eigenvalue weighted by atomic mass is 32.2. The third-order valence-corrected chi connectivity index (χ3v) is 23.9. The van der Waals surface area contributed by atoms with Crippen molar-refractivity contribution in [2.24, 2.45) is 30.9 Å². The number of nitrogens with zero attached hydrogens (tertiary/aromatic N) is 7. The molecule has 1 heterocycles. The van der Waals surface area contributed by atoms with Crippen molar-refractivity contribution < 1.29 is 93.0 Å². The number of esters is 1. The molecule has 1 aliphatic heterocycles. The molecule has 754 valence electrons. The number of ketones is 3. The van der Waals surface area contributed by atoms with Crippen LogP contribution in [-0.2, 0) is 73.0 Å². The van der Waals surface area contributed by atoms with Crippen LogP contribution in [0.3, 0.4) is 0 Å². The molecule has 1 saturated heterocycles. The average Bonchev–Trinajstić information content (AvgIpc) is 0.821.